The summed E-state index contributed by atoms with van der Waals surface area (Å²) in [5.41, 5.74) is 1.08. The Hall–Kier alpha value is -3.71. The van der Waals surface area contributed by atoms with Crippen LogP contribution < -0.4 is 15.2 Å². The number of rotatable bonds is 2. The largest absolute Gasteiger partial charge is 0.502 e. The van der Waals surface area contributed by atoms with Crippen LogP contribution in [0.15, 0.2) is 77.7 Å². The molecule has 1 N–H and O–H groups in total. The van der Waals surface area contributed by atoms with E-state index in [2.05, 4.69) is 0 Å². The van der Waals surface area contributed by atoms with Crippen LogP contribution in [-0.4, -0.2) is 39.9 Å². The number of benzene rings is 2. The van der Waals surface area contributed by atoms with Gasteiger partial charge in [0.2, 0.25) is 5.43 Å². The molecule has 0 saturated heterocycles. The van der Waals surface area contributed by atoms with E-state index in [1.165, 1.54) is 12.3 Å². The second-order valence-corrected chi connectivity index (χ2v) is 8.67. The van der Waals surface area contributed by atoms with Crippen molar-refractivity contribution in [2.24, 2.45) is 0 Å². The molecule has 8 heteroatoms. The smallest absolute Gasteiger partial charge is 0.278 e. The molecule has 0 fully saturated rings. The molecule has 2 atom stereocenters. The highest BCUT2D eigenvalue weighted by Gasteiger charge is 2.39. The van der Waals surface area contributed by atoms with Crippen LogP contribution >= 0.6 is 11.6 Å². The van der Waals surface area contributed by atoms with Gasteiger partial charge in [0.05, 0.1) is 11.1 Å². The maximum atomic E-state index is 13.6. The van der Waals surface area contributed by atoms with Crippen LogP contribution in [-0.2, 0) is 0 Å². The minimum Gasteiger partial charge on any atom is -0.502 e. The lowest BCUT2D eigenvalue weighted by atomic mass is 9.96. The lowest BCUT2D eigenvalue weighted by Gasteiger charge is -2.45. The van der Waals surface area contributed by atoms with E-state index < -0.39 is 23.1 Å². The van der Waals surface area contributed by atoms with Gasteiger partial charge < -0.3 is 14.7 Å². The fraction of sp³-hybridized carbons (Fsp3) is 0.286. The summed E-state index contributed by atoms with van der Waals surface area (Å²) in [6.07, 6.45) is 5.97. The number of carbonyl (C=O) groups is 1. The van der Waals surface area contributed by atoms with E-state index in [0.29, 0.717) is 17.2 Å². The SMILES string of the molecule is C.C.CC[C@@H]1/C=C/COc2c(Cl)cccc2[C@H](c2ccccc2)N2CN1C(=O)c1c(O)c(=O)ccn12. The number of ether oxygens (including phenoxy) is 1. The number of pyridine rings is 1. The Morgan fingerprint density at radius 2 is 1.81 bits per heavy atom. The van der Waals surface area contributed by atoms with Gasteiger partial charge in [-0.3, -0.25) is 19.3 Å². The fourth-order valence-electron chi connectivity index (χ4n) is 4.66. The third-order valence-electron chi connectivity index (χ3n) is 6.30. The zero-order valence-electron chi connectivity index (χ0n) is 18.6. The average molecular weight is 510 g/mol. The summed E-state index contributed by atoms with van der Waals surface area (Å²) >= 11 is 6.59. The van der Waals surface area contributed by atoms with Crippen molar-refractivity contribution in [2.75, 3.05) is 18.3 Å². The molecule has 190 valence electrons. The Kier molecular flexibility index (Phi) is 8.15. The molecule has 5 rings (SSSR count). The van der Waals surface area contributed by atoms with Gasteiger partial charge in [0.1, 0.15) is 25.1 Å². The van der Waals surface area contributed by atoms with Gasteiger partial charge in [-0.25, -0.2) is 0 Å². The number of hydrogen-bond donors (Lipinski definition) is 1. The number of nitrogens with zero attached hydrogens (tertiary/aromatic N) is 3. The number of aromatic nitrogens is 1. The van der Waals surface area contributed by atoms with Crippen molar-refractivity contribution in [3.63, 3.8) is 0 Å². The first-order valence-corrected chi connectivity index (χ1v) is 11.5. The van der Waals surface area contributed by atoms with Gasteiger partial charge in [-0.05, 0) is 24.1 Å². The van der Waals surface area contributed by atoms with Crippen LogP contribution in [0.25, 0.3) is 0 Å². The molecule has 0 saturated carbocycles. The van der Waals surface area contributed by atoms with Gasteiger partial charge in [-0.2, -0.15) is 0 Å². The van der Waals surface area contributed by atoms with E-state index in [4.69, 9.17) is 16.3 Å². The summed E-state index contributed by atoms with van der Waals surface area (Å²) in [6.45, 7) is 2.50. The van der Waals surface area contributed by atoms with Crippen LogP contribution in [0.1, 0.15) is 55.9 Å². The van der Waals surface area contributed by atoms with E-state index >= 15 is 0 Å². The van der Waals surface area contributed by atoms with Crippen molar-refractivity contribution in [3.05, 3.63) is 105 Å². The topological polar surface area (TPSA) is 75.0 Å². The number of amides is 1. The second kappa shape index (κ2) is 10.9. The van der Waals surface area contributed by atoms with Crippen LogP contribution in [0.4, 0.5) is 0 Å². The number of carbonyl (C=O) groups excluding carboxylic acids is 1. The average Bonchev–Trinajstić information content (AvgIpc) is 2.87. The van der Waals surface area contributed by atoms with E-state index in [-0.39, 0.29) is 39.9 Å². The molecule has 2 aliphatic heterocycles. The highest BCUT2D eigenvalue weighted by atomic mass is 35.5. The molecule has 3 heterocycles. The quantitative estimate of drug-likeness (QED) is 0.471. The van der Waals surface area contributed by atoms with E-state index in [0.717, 1.165) is 11.1 Å². The van der Waals surface area contributed by atoms with E-state index in [1.807, 2.05) is 66.5 Å². The van der Waals surface area contributed by atoms with Crippen molar-refractivity contribution in [3.8, 4) is 11.5 Å². The molecule has 2 aromatic carbocycles. The third kappa shape index (κ3) is 4.46. The van der Waals surface area contributed by atoms with Crippen LogP contribution in [0.3, 0.4) is 0 Å². The summed E-state index contributed by atoms with van der Waals surface area (Å²) < 4.78 is 7.72. The van der Waals surface area contributed by atoms with Gasteiger partial charge in [0, 0.05) is 17.8 Å². The molecule has 36 heavy (non-hydrogen) atoms. The summed E-state index contributed by atoms with van der Waals surface area (Å²) in [4.78, 5) is 27.6. The van der Waals surface area contributed by atoms with Crippen LogP contribution in [0, 0.1) is 0 Å². The Bertz CT molecular complexity index is 1320. The number of hydrogen-bond acceptors (Lipinski definition) is 5. The summed E-state index contributed by atoms with van der Waals surface area (Å²) in [5, 5.41) is 13.1. The maximum Gasteiger partial charge on any atom is 0.278 e. The molecule has 2 aliphatic rings. The first-order chi connectivity index (χ1) is 16.5. The highest BCUT2D eigenvalue weighted by Crippen LogP contribution is 2.40. The molecule has 2 bridgehead atoms. The summed E-state index contributed by atoms with van der Waals surface area (Å²) in [5.74, 6) is -0.417. The zero-order valence-corrected chi connectivity index (χ0v) is 19.4. The lowest BCUT2D eigenvalue weighted by molar-refractivity contribution is 0.0626. The van der Waals surface area contributed by atoms with E-state index in [9.17, 15) is 14.7 Å². The molecule has 0 aliphatic carbocycles. The van der Waals surface area contributed by atoms with Crippen LogP contribution in [0.2, 0.25) is 5.02 Å². The molecular weight excluding hydrogens is 478 g/mol. The standard InChI is InChI=1S/C26H24ClN3O4.2CH4/c1-2-18-10-7-15-34-25-19(11-6-12-20(25)27)22(17-8-4-3-5-9-17)30-16-28(18)26(33)23-24(32)21(31)13-14-29(23)30;;/h3-14,18,22,32H,2,15-16H2,1H3;2*1H4/b10-7+;;/t18-,22+;;/m1../s1. The minimum atomic E-state index is -0.600. The van der Waals surface area contributed by atoms with Crippen molar-refractivity contribution >= 4 is 17.5 Å². The Morgan fingerprint density at radius 3 is 2.53 bits per heavy atom. The summed E-state index contributed by atoms with van der Waals surface area (Å²) in [6, 6.07) is 16.0. The first-order valence-electron chi connectivity index (χ1n) is 11.2. The molecule has 0 radical (unpaired) electrons. The first kappa shape index (κ1) is 26.9. The fourth-order valence-corrected chi connectivity index (χ4v) is 4.90. The normalized spacial score (nSPS) is 19.4. The van der Waals surface area contributed by atoms with Crippen molar-refractivity contribution in [1.82, 2.24) is 9.58 Å². The zero-order chi connectivity index (χ0) is 23.8. The molecule has 3 aromatic rings. The third-order valence-corrected chi connectivity index (χ3v) is 6.60. The van der Waals surface area contributed by atoms with Gasteiger partial charge in [-0.15, -0.1) is 0 Å². The number of fused-ring (bicyclic) bond motifs is 5. The summed E-state index contributed by atoms with van der Waals surface area (Å²) in [7, 11) is 0. The van der Waals surface area contributed by atoms with Crippen molar-refractivity contribution in [1.29, 1.82) is 0 Å². The Morgan fingerprint density at radius 1 is 1.06 bits per heavy atom. The van der Waals surface area contributed by atoms with Crippen molar-refractivity contribution in [2.45, 2.75) is 40.3 Å². The predicted molar refractivity (Wildman–Crippen MR) is 144 cm³/mol. The molecule has 1 amide bonds. The predicted octanol–water partition coefficient (Wildman–Crippen LogP) is 5.35. The van der Waals surface area contributed by atoms with Gasteiger partial charge in [0.25, 0.3) is 5.91 Å². The van der Waals surface area contributed by atoms with Crippen molar-refractivity contribution < 1.29 is 14.6 Å². The van der Waals surface area contributed by atoms with Gasteiger partial charge in [0.15, 0.2) is 11.4 Å². The molecular formula is C28H32ClN3O4. The molecule has 0 spiro atoms. The lowest BCUT2D eigenvalue weighted by Crippen LogP contribution is -2.57. The monoisotopic (exact) mass is 509 g/mol. The molecule has 1 aromatic heterocycles. The Labute approximate surface area is 216 Å². The minimum absolute atomic E-state index is 0. The maximum absolute atomic E-state index is 13.6. The number of para-hydroxylation sites is 1. The number of aromatic hydroxyl groups is 1. The molecule has 0 unspecified atom stereocenters. The van der Waals surface area contributed by atoms with E-state index in [1.54, 1.807) is 15.6 Å². The van der Waals surface area contributed by atoms with Gasteiger partial charge in [-0.1, -0.05) is 81.9 Å². The van der Waals surface area contributed by atoms with Crippen LogP contribution in [0.5, 0.6) is 11.5 Å². The Balaban J connectivity index is 0.00000180. The number of halogens is 1. The second-order valence-electron chi connectivity index (χ2n) is 8.26. The highest BCUT2D eigenvalue weighted by molar-refractivity contribution is 6.32. The van der Waals surface area contributed by atoms with Gasteiger partial charge >= 0.3 is 0 Å². The molecule has 7 nitrogen and oxygen atoms in total.